The van der Waals surface area contributed by atoms with E-state index in [9.17, 15) is 13.5 Å². The minimum atomic E-state index is -3.20. The van der Waals surface area contributed by atoms with Crippen LogP contribution in [0, 0.1) is 11.8 Å². The highest BCUT2D eigenvalue weighted by molar-refractivity contribution is 7.98. The minimum absolute atomic E-state index is 0.256. The zero-order valence-electron chi connectivity index (χ0n) is 12.3. The van der Waals surface area contributed by atoms with Crippen molar-refractivity contribution in [1.82, 2.24) is 0 Å². The molecule has 22 heavy (non-hydrogen) atoms. The van der Waals surface area contributed by atoms with Gasteiger partial charge in [-0.05, 0) is 48.2 Å². The molecule has 0 saturated heterocycles. The Morgan fingerprint density at radius 1 is 1.05 bits per heavy atom. The standard InChI is InChI=1S/C17H16O3S2/c1-21-15-8-6-14(7-9-15)17(18)12-5-13-3-10-16(11-4-13)22(2,19)20/h3-4,6-11,17-18H,1-2H3/t17-/m1/s1. The van der Waals surface area contributed by atoms with Gasteiger partial charge in [-0.2, -0.15) is 0 Å². The third-order valence-electron chi connectivity index (χ3n) is 3.07. The molecule has 3 nitrogen and oxygen atoms in total. The maximum atomic E-state index is 11.4. The van der Waals surface area contributed by atoms with E-state index in [2.05, 4.69) is 11.8 Å². The molecule has 2 aromatic rings. The predicted octanol–water partition coefficient (Wildman–Crippen LogP) is 2.90. The van der Waals surface area contributed by atoms with Gasteiger partial charge in [0.1, 0.15) is 6.10 Å². The SMILES string of the molecule is CSc1ccc([C@H](O)C#Cc2ccc(S(C)(=O)=O)cc2)cc1. The van der Waals surface area contributed by atoms with Gasteiger partial charge < -0.3 is 5.11 Å². The molecular formula is C17H16O3S2. The number of sulfone groups is 1. The zero-order chi connectivity index (χ0) is 16.2. The highest BCUT2D eigenvalue weighted by Crippen LogP contribution is 2.18. The van der Waals surface area contributed by atoms with Gasteiger partial charge in [0.25, 0.3) is 0 Å². The van der Waals surface area contributed by atoms with Crippen molar-refractivity contribution in [3.63, 3.8) is 0 Å². The van der Waals surface area contributed by atoms with Crippen molar-refractivity contribution in [1.29, 1.82) is 0 Å². The summed E-state index contributed by atoms with van der Waals surface area (Å²) >= 11 is 1.64. The molecule has 2 rings (SSSR count). The highest BCUT2D eigenvalue weighted by atomic mass is 32.2. The van der Waals surface area contributed by atoms with Crippen LogP contribution in [0.3, 0.4) is 0 Å². The smallest absolute Gasteiger partial charge is 0.175 e. The van der Waals surface area contributed by atoms with Crippen LogP contribution in [0.1, 0.15) is 17.2 Å². The molecule has 114 valence electrons. The van der Waals surface area contributed by atoms with Crippen LogP contribution in [0.15, 0.2) is 58.3 Å². The molecular weight excluding hydrogens is 316 g/mol. The fraction of sp³-hybridized carbons (Fsp3) is 0.176. The molecule has 5 heteroatoms. The van der Waals surface area contributed by atoms with Crippen LogP contribution in [0.4, 0.5) is 0 Å². The first kappa shape index (κ1) is 16.6. The Hall–Kier alpha value is -1.74. The van der Waals surface area contributed by atoms with Gasteiger partial charge in [0.15, 0.2) is 9.84 Å². The lowest BCUT2D eigenvalue weighted by Crippen LogP contribution is -1.96. The topological polar surface area (TPSA) is 54.4 Å². The monoisotopic (exact) mass is 332 g/mol. The Kier molecular flexibility index (Phi) is 5.30. The van der Waals surface area contributed by atoms with Crippen molar-refractivity contribution < 1.29 is 13.5 Å². The molecule has 0 radical (unpaired) electrons. The molecule has 0 fully saturated rings. The second-order valence-corrected chi connectivity index (χ2v) is 7.64. The van der Waals surface area contributed by atoms with E-state index in [0.717, 1.165) is 16.7 Å². The third-order valence-corrected chi connectivity index (χ3v) is 4.94. The van der Waals surface area contributed by atoms with E-state index in [0.29, 0.717) is 5.56 Å². The van der Waals surface area contributed by atoms with Crippen LogP contribution in [0.5, 0.6) is 0 Å². The Balaban J connectivity index is 2.15. The molecule has 0 aliphatic heterocycles. The van der Waals surface area contributed by atoms with Gasteiger partial charge in [-0.3, -0.25) is 0 Å². The summed E-state index contributed by atoms with van der Waals surface area (Å²) in [4.78, 5) is 1.38. The Morgan fingerprint density at radius 2 is 1.64 bits per heavy atom. The Labute approximate surface area is 135 Å². The molecule has 0 saturated carbocycles. The van der Waals surface area contributed by atoms with E-state index in [4.69, 9.17) is 0 Å². The van der Waals surface area contributed by atoms with E-state index in [1.54, 1.807) is 23.9 Å². The van der Waals surface area contributed by atoms with Gasteiger partial charge >= 0.3 is 0 Å². The first-order chi connectivity index (χ1) is 10.4. The lowest BCUT2D eigenvalue weighted by molar-refractivity contribution is 0.238. The van der Waals surface area contributed by atoms with Crippen molar-refractivity contribution in [2.24, 2.45) is 0 Å². The van der Waals surface area contributed by atoms with Crippen LogP contribution in [-0.4, -0.2) is 26.0 Å². The van der Waals surface area contributed by atoms with Crippen LogP contribution < -0.4 is 0 Å². The fourth-order valence-electron chi connectivity index (χ4n) is 1.81. The maximum Gasteiger partial charge on any atom is 0.175 e. The van der Waals surface area contributed by atoms with Gasteiger partial charge in [0.05, 0.1) is 4.90 Å². The largest absolute Gasteiger partial charge is 0.376 e. The average molecular weight is 332 g/mol. The van der Waals surface area contributed by atoms with Crippen molar-refractivity contribution in [3.8, 4) is 11.8 Å². The number of hydrogen-bond acceptors (Lipinski definition) is 4. The van der Waals surface area contributed by atoms with E-state index in [1.807, 2.05) is 30.5 Å². The van der Waals surface area contributed by atoms with Gasteiger partial charge in [-0.25, -0.2) is 8.42 Å². The molecule has 0 spiro atoms. The highest BCUT2D eigenvalue weighted by Gasteiger charge is 2.06. The summed E-state index contributed by atoms with van der Waals surface area (Å²) in [5.74, 6) is 5.61. The lowest BCUT2D eigenvalue weighted by atomic mass is 10.1. The molecule has 0 aliphatic rings. The van der Waals surface area contributed by atoms with E-state index in [-0.39, 0.29) is 4.90 Å². The first-order valence-corrected chi connectivity index (χ1v) is 9.65. The maximum absolute atomic E-state index is 11.4. The van der Waals surface area contributed by atoms with Crippen LogP contribution in [-0.2, 0) is 9.84 Å². The summed E-state index contributed by atoms with van der Waals surface area (Å²) in [6, 6.07) is 13.9. The second-order valence-electron chi connectivity index (χ2n) is 4.74. The zero-order valence-corrected chi connectivity index (χ0v) is 13.9. The number of aliphatic hydroxyl groups excluding tert-OH is 1. The molecule has 0 unspecified atom stereocenters. The van der Waals surface area contributed by atoms with Crippen LogP contribution >= 0.6 is 11.8 Å². The molecule has 0 heterocycles. The number of benzene rings is 2. The van der Waals surface area contributed by atoms with Gasteiger partial charge in [-0.1, -0.05) is 24.0 Å². The van der Waals surface area contributed by atoms with Crippen molar-refractivity contribution in [3.05, 3.63) is 59.7 Å². The van der Waals surface area contributed by atoms with Gasteiger partial charge in [0.2, 0.25) is 0 Å². The second kappa shape index (κ2) is 7.01. The molecule has 0 bridgehead atoms. The number of hydrogen-bond donors (Lipinski definition) is 1. The van der Waals surface area contributed by atoms with Gasteiger partial charge in [0, 0.05) is 16.7 Å². The molecule has 1 N–H and O–H groups in total. The van der Waals surface area contributed by atoms with E-state index in [1.165, 1.54) is 12.1 Å². The molecule has 0 aromatic heterocycles. The summed E-state index contributed by atoms with van der Waals surface area (Å²) in [5.41, 5.74) is 1.39. The summed E-state index contributed by atoms with van der Waals surface area (Å²) in [6.07, 6.45) is 2.28. The summed E-state index contributed by atoms with van der Waals surface area (Å²) < 4.78 is 22.7. The summed E-state index contributed by atoms with van der Waals surface area (Å²) in [7, 11) is -3.20. The van der Waals surface area contributed by atoms with Gasteiger partial charge in [-0.15, -0.1) is 11.8 Å². The number of aliphatic hydroxyl groups is 1. The van der Waals surface area contributed by atoms with Crippen LogP contribution in [0.2, 0.25) is 0 Å². The summed E-state index contributed by atoms with van der Waals surface area (Å²) in [6.45, 7) is 0. The minimum Gasteiger partial charge on any atom is -0.376 e. The number of thioether (sulfide) groups is 1. The van der Waals surface area contributed by atoms with Crippen LogP contribution in [0.25, 0.3) is 0 Å². The quantitative estimate of drug-likeness (QED) is 0.694. The van der Waals surface area contributed by atoms with Crippen molar-refractivity contribution >= 4 is 21.6 Å². The van der Waals surface area contributed by atoms with E-state index < -0.39 is 15.9 Å². The van der Waals surface area contributed by atoms with Crippen molar-refractivity contribution in [2.75, 3.05) is 12.5 Å². The molecule has 1 atom stereocenters. The van der Waals surface area contributed by atoms with Crippen molar-refractivity contribution in [2.45, 2.75) is 15.9 Å². The number of rotatable bonds is 3. The van der Waals surface area contributed by atoms with E-state index >= 15 is 0 Å². The Bertz CT molecular complexity index is 796. The third kappa shape index (κ3) is 4.38. The first-order valence-electron chi connectivity index (χ1n) is 6.54. The molecule has 2 aromatic carbocycles. The molecule has 0 amide bonds. The Morgan fingerprint density at radius 3 is 2.14 bits per heavy atom. The predicted molar refractivity (Wildman–Crippen MR) is 89.6 cm³/mol. The normalized spacial score (nSPS) is 12.3. The average Bonchev–Trinajstić information content (AvgIpc) is 2.52. The fourth-order valence-corrected chi connectivity index (χ4v) is 2.85. The molecule has 0 aliphatic carbocycles. The summed E-state index contributed by atoms with van der Waals surface area (Å²) in [5, 5.41) is 10.1. The lowest BCUT2D eigenvalue weighted by Gasteiger charge is -2.04.